The van der Waals surface area contributed by atoms with Crippen molar-refractivity contribution in [2.45, 2.75) is 25.7 Å². The minimum atomic E-state index is -0.0566. The first-order valence-corrected chi connectivity index (χ1v) is 7.70. The van der Waals surface area contributed by atoms with Crippen LogP contribution in [-0.4, -0.2) is 11.0 Å². The first-order chi connectivity index (χ1) is 10.7. The van der Waals surface area contributed by atoms with Gasteiger partial charge in [-0.1, -0.05) is 24.3 Å². The molecule has 0 radical (unpaired) electrons. The van der Waals surface area contributed by atoms with Gasteiger partial charge in [0.05, 0.1) is 0 Å². The molecular weight excluding hydrogens is 274 g/mol. The van der Waals surface area contributed by atoms with Gasteiger partial charge in [0, 0.05) is 16.8 Å². The van der Waals surface area contributed by atoms with Gasteiger partial charge in [-0.2, -0.15) is 0 Å². The van der Waals surface area contributed by atoms with Crippen molar-refractivity contribution in [3.8, 4) is 5.75 Å². The fourth-order valence-electron chi connectivity index (χ4n) is 3.45. The van der Waals surface area contributed by atoms with E-state index >= 15 is 0 Å². The molecule has 2 N–H and O–H groups in total. The van der Waals surface area contributed by atoms with E-state index in [1.165, 1.54) is 5.56 Å². The van der Waals surface area contributed by atoms with Crippen LogP contribution in [0.5, 0.6) is 5.75 Å². The summed E-state index contributed by atoms with van der Waals surface area (Å²) in [6, 6.07) is 11.4. The molecule has 2 aliphatic rings. The van der Waals surface area contributed by atoms with Gasteiger partial charge in [0.1, 0.15) is 5.75 Å². The van der Waals surface area contributed by atoms with Gasteiger partial charge in [-0.15, -0.1) is 0 Å². The summed E-state index contributed by atoms with van der Waals surface area (Å²) < 4.78 is 0. The molecule has 2 aromatic rings. The molecule has 1 amide bonds. The Morgan fingerprint density at radius 3 is 2.64 bits per heavy atom. The average molecular weight is 291 g/mol. The summed E-state index contributed by atoms with van der Waals surface area (Å²) in [6.45, 7) is 0. The van der Waals surface area contributed by atoms with E-state index in [1.807, 2.05) is 36.4 Å². The lowest BCUT2D eigenvalue weighted by Gasteiger charge is -2.19. The second kappa shape index (κ2) is 5.02. The van der Waals surface area contributed by atoms with Gasteiger partial charge in [0.2, 0.25) is 0 Å². The lowest BCUT2D eigenvalue weighted by molar-refractivity contribution is -0.110. The van der Waals surface area contributed by atoms with E-state index in [9.17, 15) is 9.90 Å². The van der Waals surface area contributed by atoms with Crippen molar-refractivity contribution in [1.82, 2.24) is 0 Å². The summed E-state index contributed by atoms with van der Waals surface area (Å²) in [7, 11) is 0. The molecular formula is C19H17NO2. The number of para-hydroxylation sites is 1. The number of nitrogens with one attached hydrogen (secondary N) is 1. The maximum absolute atomic E-state index is 12.2. The standard InChI is InChI=1S/C19H17NO2/c21-18-10-9-12(13-5-1-2-7-15(13)18)11-16-14-6-3-4-8-17(14)20-19(16)22/h3-4,6,8-11,21H,1-2,5,7H2,(H,20,22). The number of rotatable bonds is 1. The van der Waals surface area contributed by atoms with E-state index < -0.39 is 0 Å². The van der Waals surface area contributed by atoms with Crippen molar-refractivity contribution >= 4 is 23.2 Å². The molecule has 0 fully saturated rings. The molecule has 3 heteroatoms. The van der Waals surface area contributed by atoms with E-state index in [-0.39, 0.29) is 5.91 Å². The van der Waals surface area contributed by atoms with Crippen molar-refractivity contribution in [1.29, 1.82) is 0 Å². The van der Waals surface area contributed by atoms with Crippen molar-refractivity contribution < 1.29 is 9.90 Å². The molecule has 22 heavy (non-hydrogen) atoms. The molecule has 0 saturated heterocycles. The van der Waals surface area contributed by atoms with Crippen LogP contribution < -0.4 is 5.32 Å². The number of phenols is 1. The topological polar surface area (TPSA) is 49.3 Å². The molecule has 1 heterocycles. The Morgan fingerprint density at radius 1 is 1.00 bits per heavy atom. The summed E-state index contributed by atoms with van der Waals surface area (Å²) in [4.78, 5) is 12.2. The SMILES string of the molecule is O=C1Nc2ccccc2C1=Cc1ccc(O)c2c1CCCC2. The molecule has 4 rings (SSSR count). The molecule has 0 unspecified atom stereocenters. The summed E-state index contributed by atoms with van der Waals surface area (Å²) in [6.07, 6.45) is 6.09. The predicted molar refractivity (Wildman–Crippen MR) is 87.7 cm³/mol. The number of carbonyl (C=O) groups is 1. The third kappa shape index (κ3) is 2.01. The Bertz CT molecular complexity index is 805. The van der Waals surface area contributed by atoms with Crippen LogP contribution in [0.1, 0.15) is 35.1 Å². The van der Waals surface area contributed by atoms with E-state index in [1.54, 1.807) is 6.07 Å². The van der Waals surface area contributed by atoms with Crippen molar-refractivity contribution in [2.75, 3.05) is 5.32 Å². The lowest BCUT2D eigenvalue weighted by atomic mass is 9.86. The smallest absolute Gasteiger partial charge is 0.256 e. The molecule has 1 aliphatic carbocycles. The molecule has 1 aliphatic heterocycles. The molecule has 0 saturated carbocycles. The average Bonchev–Trinajstić information content (AvgIpc) is 2.86. The summed E-state index contributed by atoms with van der Waals surface area (Å²) in [5.74, 6) is 0.326. The summed E-state index contributed by atoms with van der Waals surface area (Å²) in [5, 5.41) is 13.0. The van der Waals surface area contributed by atoms with Gasteiger partial charge in [0.15, 0.2) is 0 Å². The van der Waals surface area contributed by atoms with Crippen LogP contribution in [0.3, 0.4) is 0 Å². The monoisotopic (exact) mass is 291 g/mol. The van der Waals surface area contributed by atoms with Crippen LogP contribution in [0, 0.1) is 0 Å². The molecule has 0 atom stereocenters. The summed E-state index contributed by atoms with van der Waals surface area (Å²) >= 11 is 0. The largest absolute Gasteiger partial charge is 0.508 e. The van der Waals surface area contributed by atoms with Crippen LogP contribution in [0.15, 0.2) is 36.4 Å². The minimum absolute atomic E-state index is 0.0566. The number of aromatic hydroxyl groups is 1. The third-order valence-electron chi connectivity index (χ3n) is 4.56. The molecule has 3 nitrogen and oxygen atoms in total. The van der Waals surface area contributed by atoms with Gasteiger partial charge >= 0.3 is 0 Å². The second-order valence-electron chi connectivity index (χ2n) is 5.90. The van der Waals surface area contributed by atoms with Gasteiger partial charge in [-0.25, -0.2) is 0 Å². The molecule has 2 aromatic carbocycles. The van der Waals surface area contributed by atoms with E-state index in [4.69, 9.17) is 0 Å². The Kier molecular flexibility index (Phi) is 3.00. The molecule has 0 spiro atoms. The Hall–Kier alpha value is -2.55. The number of benzene rings is 2. The number of anilines is 1. The zero-order chi connectivity index (χ0) is 15.1. The summed E-state index contributed by atoms with van der Waals surface area (Å²) in [5.41, 5.74) is 5.81. The quantitative estimate of drug-likeness (QED) is 0.786. The predicted octanol–water partition coefficient (Wildman–Crippen LogP) is 3.76. The van der Waals surface area contributed by atoms with Crippen molar-refractivity contribution in [3.05, 3.63) is 58.7 Å². The van der Waals surface area contributed by atoms with E-state index in [2.05, 4.69) is 5.32 Å². The van der Waals surface area contributed by atoms with Crippen LogP contribution >= 0.6 is 0 Å². The zero-order valence-electron chi connectivity index (χ0n) is 12.2. The highest BCUT2D eigenvalue weighted by Gasteiger charge is 2.24. The second-order valence-corrected chi connectivity index (χ2v) is 5.90. The highest BCUT2D eigenvalue weighted by atomic mass is 16.3. The zero-order valence-corrected chi connectivity index (χ0v) is 12.2. The maximum atomic E-state index is 12.2. The number of hydrogen-bond donors (Lipinski definition) is 2. The Morgan fingerprint density at radius 2 is 1.77 bits per heavy atom. The highest BCUT2D eigenvalue weighted by Crippen LogP contribution is 2.36. The number of hydrogen-bond acceptors (Lipinski definition) is 2. The number of amides is 1. The lowest BCUT2D eigenvalue weighted by Crippen LogP contribution is -2.06. The van der Waals surface area contributed by atoms with Gasteiger partial charge in [0.25, 0.3) is 5.91 Å². The van der Waals surface area contributed by atoms with Crippen molar-refractivity contribution in [2.24, 2.45) is 0 Å². The minimum Gasteiger partial charge on any atom is -0.508 e. The molecule has 0 bridgehead atoms. The Balaban J connectivity index is 1.86. The molecule has 0 aromatic heterocycles. The van der Waals surface area contributed by atoms with E-state index in [0.29, 0.717) is 11.3 Å². The van der Waals surface area contributed by atoms with Crippen molar-refractivity contribution in [3.63, 3.8) is 0 Å². The maximum Gasteiger partial charge on any atom is 0.256 e. The first-order valence-electron chi connectivity index (χ1n) is 7.70. The van der Waals surface area contributed by atoms with Crippen LogP contribution in [0.2, 0.25) is 0 Å². The van der Waals surface area contributed by atoms with Gasteiger partial charge < -0.3 is 10.4 Å². The fourth-order valence-corrected chi connectivity index (χ4v) is 3.45. The van der Waals surface area contributed by atoms with Crippen LogP contribution in [0.4, 0.5) is 5.69 Å². The first kappa shape index (κ1) is 13.1. The highest BCUT2D eigenvalue weighted by molar-refractivity contribution is 6.34. The van der Waals surface area contributed by atoms with Crippen LogP contribution in [-0.2, 0) is 17.6 Å². The normalized spacial score (nSPS) is 18.0. The van der Waals surface area contributed by atoms with Gasteiger partial charge in [-0.3, -0.25) is 4.79 Å². The number of carbonyl (C=O) groups excluding carboxylic acids is 1. The molecule has 110 valence electrons. The van der Waals surface area contributed by atoms with Crippen LogP contribution in [0.25, 0.3) is 11.6 Å². The number of phenolic OH excluding ortho intramolecular Hbond substituents is 1. The number of fused-ring (bicyclic) bond motifs is 2. The third-order valence-corrected chi connectivity index (χ3v) is 4.56. The fraction of sp³-hybridized carbons (Fsp3) is 0.211. The van der Waals surface area contributed by atoms with Gasteiger partial charge in [-0.05, 0) is 60.6 Å². The Labute approximate surface area is 129 Å². The van der Waals surface area contributed by atoms with E-state index in [0.717, 1.165) is 48.1 Å².